The summed E-state index contributed by atoms with van der Waals surface area (Å²) in [5, 5.41) is -0.467. The highest BCUT2D eigenvalue weighted by Crippen LogP contribution is 2.52. The van der Waals surface area contributed by atoms with Gasteiger partial charge in [-0.15, -0.1) is 4.39 Å². The fourth-order valence-corrected chi connectivity index (χ4v) is 3.19. The summed E-state index contributed by atoms with van der Waals surface area (Å²) in [7, 11) is 0. The first-order valence-corrected chi connectivity index (χ1v) is 8.43. The van der Waals surface area contributed by atoms with E-state index in [9.17, 15) is 14.0 Å². The molecule has 0 radical (unpaired) electrons. The predicted octanol–water partition coefficient (Wildman–Crippen LogP) is 3.62. The van der Waals surface area contributed by atoms with Crippen molar-refractivity contribution in [3.63, 3.8) is 0 Å². The van der Waals surface area contributed by atoms with Crippen LogP contribution in [0.5, 0.6) is 11.5 Å². The highest BCUT2D eigenvalue weighted by Gasteiger charge is 2.54. The van der Waals surface area contributed by atoms with Gasteiger partial charge in [0.25, 0.3) is 0 Å². The lowest BCUT2D eigenvalue weighted by Crippen LogP contribution is -2.43. The standard InChI is InChI=1S/C19H14ClFO5/c20-16(22)18(8-9-18)13-6-7-14-15(10-13)26-19(21,25-14)17(23)24-11-12-4-2-1-3-5-12/h1-7,10H,8-9,11H2. The van der Waals surface area contributed by atoms with Crippen LogP contribution in [0, 0.1) is 0 Å². The summed E-state index contributed by atoms with van der Waals surface area (Å²) in [6, 6.07) is 10.4. The summed E-state index contributed by atoms with van der Waals surface area (Å²) in [5.41, 5.74) is 0.565. The average Bonchev–Trinajstić information content (AvgIpc) is 3.37. The number of fused-ring (bicyclic) bond motifs is 1. The lowest BCUT2D eigenvalue weighted by atomic mass is 9.97. The number of benzene rings is 2. The Balaban J connectivity index is 1.48. The number of carbonyl (C=O) groups excluding carboxylic acids is 2. The van der Waals surface area contributed by atoms with Gasteiger partial charge in [0.1, 0.15) is 6.61 Å². The molecule has 4 rings (SSSR count). The molecule has 134 valence electrons. The van der Waals surface area contributed by atoms with Gasteiger partial charge in [-0.25, -0.2) is 4.79 Å². The Morgan fingerprint density at radius 2 is 1.77 bits per heavy atom. The highest BCUT2D eigenvalue weighted by molar-refractivity contribution is 6.66. The molecule has 1 aliphatic carbocycles. The average molecular weight is 377 g/mol. The van der Waals surface area contributed by atoms with Crippen LogP contribution in [0.4, 0.5) is 4.39 Å². The molecule has 1 aliphatic heterocycles. The first kappa shape index (κ1) is 16.8. The van der Waals surface area contributed by atoms with E-state index in [1.54, 1.807) is 30.3 Å². The molecule has 26 heavy (non-hydrogen) atoms. The topological polar surface area (TPSA) is 61.8 Å². The van der Waals surface area contributed by atoms with Gasteiger partial charge >= 0.3 is 12.0 Å². The molecule has 1 fully saturated rings. The lowest BCUT2D eigenvalue weighted by molar-refractivity contribution is -0.224. The number of rotatable bonds is 5. The van der Waals surface area contributed by atoms with Crippen LogP contribution in [0.15, 0.2) is 48.5 Å². The smallest absolute Gasteiger partial charge is 0.453 e. The first-order valence-electron chi connectivity index (χ1n) is 8.05. The van der Waals surface area contributed by atoms with Crippen LogP contribution in [0.1, 0.15) is 24.0 Å². The lowest BCUT2D eigenvalue weighted by Gasteiger charge is -2.16. The molecule has 0 amide bonds. The Hall–Kier alpha value is -2.60. The van der Waals surface area contributed by atoms with Gasteiger partial charge in [-0.3, -0.25) is 4.79 Å². The summed E-state index contributed by atoms with van der Waals surface area (Å²) in [6.45, 7) is -0.108. The second kappa shape index (κ2) is 5.99. The maximum Gasteiger partial charge on any atom is 0.513 e. The third kappa shape index (κ3) is 2.80. The first-order chi connectivity index (χ1) is 12.4. The molecule has 7 heteroatoms. The normalized spacial score (nSPS) is 21.9. The van der Waals surface area contributed by atoms with Gasteiger partial charge in [0.15, 0.2) is 11.5 Å². The number of ether oxygens (including phenoxy) is 3. The van der Waals surface area contributed by atoms with Crippen LogP contribution in [-0.4, -0.2) is 17.3 Å². The second-order valence-electron chi connectivity index (χ2n) is 6.32. The van der Waals surface area contributed by atoms with Gasteiger partial charge in [0.2, 0.25) is 5.24 Å². The van der Waals surface area contributed by atoms with E-state index in [-0.39, 0.29) is 18.1 Å². The molecule has 5 nitrogen and oxygen atoms in total. The van der Waals surface area contributed by atoms with E-state index in [2.05, 4.69) is 0 Å². The van der Waals surface area contributed by atoms with E-state index < -0.39 is 22.7 Å². The van der Waals surface area contributed by atoms with E-state index >= 15 is 0 Å². The van der Waals surface area contributed by atoms with Crippen molar-refractivity contribution in [1.29, 1.82) is 0 Å². The quantitative estimate of drug-likeness (QED) is 0.589. The molecular weight excluding hydrogens is 363 g/mol. The fraction of sp³-hybridized carbons (Fsp3) is 0.263. The molecule has 1 unspecified atom stereocenters. The van der Waals surface area contributed by atoms with Crippen LogP contribution < -0.4 is 9.47 Å². The summed E-state index contributed by atoms with van der Waals surface area (Å²) in [5.74, 6) is -1.19. The third-order valence-corrected chi connectivity index (χ3v) is 4.92. The van der Waals surface area contributed by atoms with E-state index in [4.69, 9.17) is 25.8 Å². The predicted molar refractivity (Wildman–Crippen MR) is 89.5 cm³/mol. The fourth-order valence-electron chi connectivity index (χ4n) is 2.89. The number of carbonyl (C=O) groups is 2. The highest BCUT2D eigenvalue weighted by atomic mass is 35.5. The van der Waals surface area contributed by atoms with E-state index in [1.165, 1.54) is 12.1 Å². The van der Waals surface area contributed by atoms with Crippen molar-refractivity contribution < 1.29 is 28.2 Å². The molecule has 1 atom stereocenters. The van der Waals surface area contributed by atoms with Gasteiger partial charge in [-0.05, 0) is 47.7 Å². The van der Waals surface area contributed by atoms with Crippen LogP contribution in [0.2, 0.25) is 0 Å². The summed E-state index contributed by atoms with van der Waals surface area (Å²) >= 11 is 5.66. The minimum atomic E-state index is -3.06. The monoisotopic (exact) mass is 376 g/mol. The van der Waals surface area contributed by atoms with Crippen molar-refractivity contribution in [2.45, 2.75) is 30.9 Å². The minimum absolute atomic E-state index is 0.0332. The zero-order chi connectivity index (χ0) is 18.4. The zero-order valence-corrected chi connectivity index (χ0v) is 14.3. The third-order valence-electron chi connectivity index (χ3n) is 4.56. The summed E-state index contributed by atoms with van der Waals surface area (Å²) < 4.78 is 29.8. The van der Waals surface area contributed by atoms with E-state index in [0.717, 1.165) is 0 Å². The SMILES string of the molecule is O=C(OCc1ccccc1)C1(F)Oc2ccc(C3(C(=O)Cl)CC3)cc2O1. The van der Waals surface area contributed by atoms with Crippen molar-refractivity contribution in [3.05, 3.63) is 59.7 Å². The Labute approximate surface area is 153 Å². The van der Waals surface area contributed by atoms with Crippen molar-refractivity contribution in [1.82, 2.24) is 0 Å². The molecule has 2 aromatic carbocycles. The van der Waals surface area contributed by atoms with Crippen LogP contribution in [0.25, 0.3) is 0 Å². The van der Waals surface area contributed by atoms with Gasteiger partial charge < -0.3 is 14.2 Å². The maximum absolute atomic E-state index is 14.8. The molecule has 2 aromatic rings. The number of alkyl halides is 1. The molecule has 0 bridgehead atoms. The van der Waals surface area contributed by atoms with Crippen molar-refractivity contribution in [3.8, 4) is 11.5 Å². The maximum atomic E-state index is 14.8. The van der Waals surface area contributed by atoms with Crippen molar-refractivity contribution in [2.24, 2.45) is 0 Å². The van der Waals surface area contributed by atoms with Crippen LogP contribution in [0.3, 0.4) is 0 Å². The molecule has 2 aliphatic rings. The molecular formula is C19H14ClFO5. The largest absolute Gasteiger partial charge is 0.513 e. The Morgan fingerprint density at radius 3 is 2.42 bits per heavy atom. The Morgan fingerprint density at radius 1 is 1.08 bits per heavy atom. The van der Waals surface area contributed by atoms with Crippen molar-refractivity contribution >= 4 is 22.8 Å². The zero-order valence-electron chi connectivity index (χ0n) is 13.5. The molecule has 1 saturated carbocycles. The van der Waals surface area contributed by atoms with Gasteiger partial charge in [0.05, 0.1) is 5.41 Å². The van der Waals surface area contributed by atoms with E-state index in [0.29, 0.717) is 24.0 Å². The molecule has 0 aromatic heterocycles. The molecule has 0 spiro atoms. The Kier molecular flexibility index (Phi) is 3.88. The van der Waals surface area contributed by atoms with Gasteiger partial charge in [-0.1, -0.05) is 36.4 Å². The summed E-state index contributed by atoms with van der Waals surface area (Å²) in [6.07, 6.45) is 1.24. The number of hydrogen-bond acceptors (Lipinski definition) is 5. The molecule has 0 saturated heterocycles. The number of esters is 1. The molecule has 0 N–H and O–H groups in total. The number of halogens is 2. The minimum Gasteiger partial charge on any atom is -0.453 e. The van der Waals surface area contributed by atoms with Crippen molar-refractivity contribution in [2.75, 3.05) is 0 Å². The van der Waals surface area contributed by atoms with Gasteiger partial charge in [-0.2, -0.15) is 0 Å². The van der Waals surface area contributed by atoms with Gasteiger partial charge in [0, 0.05) is 0 Å². The number of hydrogen-bond donors (Lipinski definition) is 0. The van der Waals surface area contributed by atoms with E-state index in [1.807, 2.05) is 6.07 Å². The summed E-state index contributed by atoms with van der Waals surface area (Å²) in [4.78, 5) is 23.7. The van der Waals surface area contributed by atoms with Crippen LogP contribution >= 0.6 is 11.6 Å². The molecule has 1 heterocycles. The second-order valence-corrected chi connectivity index (χ2v) is 6.66. The Bertz CT molecular complexity index is 881. The van der Waals surface area contributed by atoms with Crippen LogP contribution in [-0.2, 0) is 26.3 Å².